The summed E-state index contributed by atoms with van der Waals surface area (Å²) in [4.78, 5) is 26.3. The van der Waals surface area contributed by atoms with Crippen molar-refractivity contribution in [2.24, 2.45) is 0 Å². The fourth-order valence-electron chi connectivity index (χ4n) is 4.08. The van der Waals surface area contributed by atoms with Crippen molar-refractivity contribution in [3.63, 3.8) is 0 Å². The second-order valence-electron chi connectivity index (χ2n) is 7.35. The third kappa shape index (κ3) is 4.00. The molecule has 0 spiro atoms. The highest BCUT2D eigenvalue weighted by molar-refractivity contribution is 6.04. The van der Waals surface area contributed by atoms with Gasteiger partial charge in [0.15, 0.2) is 5.69 Å². The lowest BCUT2D eigenvalue weighted by molar-refractivity contribution is -0.918. The zero-order valence-corrected chi connectivity index (χ0v) is 16.4. The molecule has 2 heterocycles. The Bertz CT molecular complexity index is 1060. The number of nitrogens with zero attached hydrogens (tertiary/aromatic N) is 1. The Labute approximate surface area is 168 Å². The highest BCUT2D eigenvalue weighted by atomic mass is 16.5. The molecule has 150 valence electrons. The maximum atomic E-state index is 12.9. The Morgan fingerprint density at radius 1 is 1.14 bits per heavy atom. The number of methoxy groups -OCH3 is 1. The van der Waals surface area contributed by atoms with Crippen molar-refractivity contribution in [1.29, 1.82) is 0 Å². The molecule has 1 fully saturated rings. The Morgan fingerprint density at radius 3 is 2.52 bits per heavy atom. The maximum Gasteiger partial charge on any atom is 0.272 e. The van der Waals surface area contributed by atoms with Gasteiger partial charge in [0, 0.05) is 23.8 Å². The number of H-pyrrole nitrogens is 1. The molecule has 7 nitrogen and oxygen atoms in total. The van der Waals surface area contributed by atoms with Crippen LogP contribution in [0, 0.1) is 0 Å². The highest BCUT2D eigenvalue weighted by Crippen LogP contribution is 2.17. The zero-order valence-electron chi connectivity index (χ0n) is 16.4. The van der Waals surface area contributed by atoms with Gasteiger partial charge < -0.3 is 15.0 Å². The predicted octanol–water partition coefficient (Wildman–Crippen LogP) is 1.08. The Morgan fingerprint density at radius 2 is 1.83 bits per heavy atom. The lowest BCUT2D eigenvalue weighted by Crippen LogP contribution is -3.11. The second-order valence-corrected chi connectivity index (χ2v) is 7.35. The SMILES string of the molecule is COc1ccc([C@H](CNC(=O)c2n[nH]c(=O)c3ccccc23)[NH+]2CCCC2)cc1. The minimum Gasteiger partial charge on any atom is -0.497 e. The number of amides is 1. The highest BCUT2D eigenvalue weighted by Gasteiger charge is 2.28. The summed E-state index contributed by atoms with van der Waals surface area (Å²) in [5, 5.41) is 10.5. The summed E-state index contributed by atoms with van der Waals surface area (Å²) in [5.41, 5.74) is 1.11. The van der Waals surface area contributed by atoms with Gasteiger partial charge in [-0.05, 0) is 30.3 Å². The van der Waals surface area contributed by atoms with Crippen LogP contribution in [0.2, 0.25) is 0 Å². The average Bonchev–Trinajstić information content (AvgIpc) is 3.29. The van der Waals surface area contributed by atoms with Crippen molar-refractivity contribution < 1.29 is 14.4 Å². The van der Waals surface area contributed by atoms with Gasteiger partial charge in [-0.2, -0.15) is 5.10 Å². The van der Waals surface area contributed by atoms with Crippen LogP contribution in [0.25, 0.3) is 10.8 Å². The van der Waals surface area contributed by atoms with E-state index in [9.17, 15) is 9.59 Å². The van der Waals surface area contributed by atoms with E-state index in [0.717, 1.165) is 18.8 Å². The fourth-order valence-corrected chi connectivity index (χ4v) is 4.08. The summed E-state index contributed by atoms with van der Waals surface area (Å²) < 4.78 is 5.27. The summed E-state index contributed by atoms with van der Waals surface area (Å²) >= 11 is 0. The number of ether oxygens (including phenoxy) is 1. The Hall–Kier alpha value is -3.19. The van der Waals surface area contributed by atoms with E-state index >= 15 is 0 Å². The van der Waals surface area contributed by atoms with Crippen molar-refractivity contribution in [2.75, 3.05) is 26.7 Å². The molecule has 4 rings (SSSR count). The lowest BCUT2D eigenvalue weighted by atomic mass is 10.0. The van der Waals surface area contributed by atoms with Gasteiger partial charge in [0.1, 0.15) is 11.8 Å². The quantitative estimate of drug-likeness (QED) is 0.585. The van der Waals surface area contributed by atoms with Crippen molar-refractivity contribution in [2.45, 2.75) is 18.9 Å². The molecule has 1 amide bonds. The summed E-state index contributed by atoms with van der Waals surface area (Å²) in [7, 11) is 1.65. The molecular formula is C22H25N4O3+. The number of carbonyl (C=O) groups excluding carboxylic acids is 1. The molecule has 1 aliphatic heterocycles. The molecule has 2 aromatic carbocycles. The van der Waals surface area contributed by atoms with Crippen molar-refractivity contribution >= 4 is 16.7 Å². The number of fused-ring (bicyclic) bond motifs is 1. The van der Waals surface area contributed by atoms with E-state index < -0.39 is 0 Å². The summed E-state index contributed by atoms with van der Waals surface area (Å²) in [6, 6.07) is 15.2. The molecule has 3 N–H and O–H groups in total. The third-order valence-electron chi connectivity index (χ3n) is 5.63. The van der Waals surface area contributed by atoms with Crippen LogP contribution < -0.4 is 20.5 Å². The molecule has 29 heavy (non-hydrogen) atoms. The Kier molecular flexibility index (Phi) is 5.57. The molecule has 3 aromatic rings. The second kappa shape index (κ2) is 8.45. The van der Waals surface area contributed by atoms with E-state index in [2.05, 4.69) is 27.6 Å². The van der Waals surface area contributed by atoms with Gasteiger partial charge in [0.05, 0.1) is 32.1 Å². The van der Waals surface area contributed by atoms with E-state index in [-0.39, 0.29) is 23.2 Å². The number of carbonyl (C=O) groups is 1. The minimum atomic E-state index is -0.297. The number of rotatable bonds is 6. The van der Waals surface area contributed by atoms with Crippen molar-refractivity contribution in [3.05, 3.63) is 70.1 Å². The molecule has 0 saturated carbocycles. The van der Waals surface area contributed by atoms with E-state index in [1.54, 1.807) is 31.4 Å². The van der Waals surface area contributed by atoms with Crippen LogP contribution in [-0.2, 0) is 0 Å². The van der Waals surface area contributed by atoms with Crippen LogP contribution in [-0.4, -0.2) is 42.8 Å². The molecule has 7 heteroatoms. The van der Waals surface area contributed by atoms with Crippen LogP contribution in [0.4, 0.5) is 0 Å². The fraction of sp³-hybridized carbons (Fsp3) is 0.318. The molecule has 1 aliphatic rings. The van der Waals surface area contributed by atoms with Gasteiger partial charge in [-0.25, -0.2) is 5.10 Å². The lowest BCUT2D eigenvalue weighted by Gasteiger charge is -2.25. The zero-order chi connectivity index (χ0) is 20.2. The molecule has 0 aliphatic carbocycles. The van der Waals surface area contributed by atoms with Crippen molar-refractivity contribution in [1.82, 2.24) is 15.5 Å². The summed E-state index contributed by atoms with van der Waals surface area (Å²) in [5.74, 6) is 0.534. The predicted molar refractivity (Wildman–Crippen MR) is 110 cm³/mol. The first-order chi connectivity index (χ1) is 14.2. The number of aromatic nitrogens is 2. The normalized spacial score (nSPS) is 15.3. The molecule has 0 radical (unpaired) electrons. The molecule has 1 atom stereocenters. The molecule has 1 saturated heterocycles. The first-order valence-electron chi connectivity index (χ1n) is 9.91. The molecule has 0 unspecified atom stereocenters. The standard InChI is InChI=1S/C22H24N4O3/c1-29-16-10-8-15(9-11-16)19(26-12-4-5-13-26)14-23-22(28)20-17-6-2-3-7-18(17)21(27)25-24-20/h2-3,6-11,19H,4-5,12-14H2,1H3,(H,23,28)(H,25,27)/p+1/t19-/m0/s1. The largest absolute Gasteiger partial charge is 0.497 e. The van der Waals surface area contributed by atoms with Crippen LogP contribution in [0.1, 0.15) is 34.9 Å². The van der Waals surface area contributed by atoms with Crippen LogP contribution in [0.5, 0.6) is 5.75 Å². The first kappa shape index (κ1) is 19.1. The average molecular weight is 393 g/mol. The van der Waals surface area contributed by atoms with Crippen molar-refractivity contribution in [3.8, 4) is 5.75 Å². The van der Waals surface area contributed by atoms with E-state index in [4.69, 9.17) is 4.74 Å². The smallest absolute Gasteiger partial charge is 0.272 e. The van der Waals surface area contributed by atoms with Gasteiger partial charge in [-0.1, -0.05) is 18.2 Å². The summed E-state index contributed by atoms with van der Waals surface area (Å²) in [6.45, 7) is 2.68. The molecule has 1 aromatic heterocycles. The minimum absolute atomic E-state index is 0.154. The van der Waals surface area contributed by atoms with Crippen LogP contribution in [0.15, 0.2) is 53.3 Å². The number of quaternary nitrogens is 1. The first-order valence-corrected chi connectivity index (χ1v) is 9.91. The number of hydrogen-bond donors (Lipinski definition) is 3. The number of likely N-dealkylation sites (tertiary alicyclic amines) is 1. The topological polar surface area (TPSA) is 88.5 Å². The van der Waals surface area contributed by atoms with Gasteiger partial charge in [0.25, 0.3) is 11.5 Å². The van der Waals surface area contributed by atoms with Gasteiger partial charge in [-0.3, -0.25) is 9.59 Å². The maximum absolute atomic E-state index is 12.9. The van der Waals surface area contributed by atoms with Crippen LogP contribution >= 0.6 is 0 Å². The Balaban J connectivity index is 1.56. The van der Waals surface area contributed by atoms with Gasteiger partial charge >= 0.3 is 0 Å². The number of benzene rings is 2. The molecular weight excluding hydrogens is 368 g/mol. The molecule has 0 bridgehead atoms. The van der Waals surface area contributed by atoms with Crippen LogP contribution in [0.3, 0.4) is 0 Å². The number of nitrogens with one attached hydrogen (secondary N) is 3. The van der Waals surface area contributed by atoms with E-state index in [0.29, 0.717) is 17.3 Å². The number of aromatic amines is 1. The monoisotopic (exact) mass is 393 g/mol. The van der Waals surface area contributed by atoms with Gasteiger partial charge in [-0.15, -0.1) is 0 Å². The van der Waals surface area contributed by atoms with Gasteiger partial charge in [0.2, 0.25) is 0 Å². The third-order valence-corrected chi connectivity index (χ3v) is 5.63. The van der Waals surface area contributed by atoms with E-state index in [1.807, 2.05) is 12.1 Å². The van der Waals surface area contributed by atoms with E-state index in [1.165, 1.54) is 23.3 Å². The number of hydrogen-bond acceptors (Lipinski definition) is 4. The summed E-state index contributed by atoms with van der Waals surface area (Å²) in [6.07, 6.45) is 2.39.